The van der Waals surface area contributed by atoms with Crippen molar-refractivity contribution in [1.82, 2.24) is 9.80 Å². The summed E-state index contributed by atoms with van der Waals surface area (Å²) in [5.41, 5.74) is 5.99. The minimum absolute atomic E-state index is 0. The molecule has 0 aromatic rings. The Bertz CT molecular complexity index is 320. The average Bonchev–Trinajstić information content (AvgIpc) is 3.20. The fourth-order valence-electron chi connectivity index (χ4n) is 3.38. The third-order valence-corrected chi connectivity index (χ3v) is 4.56. The zero-order valence-electron chi connectivity index (χ0n) is 13.9. The predicted molar refractivity (Wildman–Crippen MR) is 101 cm³/mol. The van der Waals surface area contributed by atoms with Gasteiger partial charge >= 0.3 is 0 Å². The molecule has 0 spiro atoms. The van der Waals surface area contributed by atoms with E-state index in [0.717, 1.165) is 30.8 Å². The van der Waals surface area contributed by atoms with E-state index in [1.165, 1.54) is 45.3 Å². The molecular formula is C16H33IN4. The predicted octanol–water partition coefficient (Wildman–Crippen LogP) is 2.77. The van der Waals surface area contributed by atoms with Crippen LogP contribution in [0.2, 0.25) is 0 Å². The molecule has 0 bridgehead atoms. The van der Waals surface area contributed by atoms with Crippen molar-refractivity contribution in [2.24, 2.45) is 22.6 Å². The highest BCUT2D eigenvalue weighted by molar-refractivity contribution is 14.0. The van der Waals surface area contributed by atoms with Gasteiger partial charge in [-0.2, -0.15) is 0 Å². The molecule has 0 aromatic carbocycles. The molecule has 2 unspecified atom stereocenters. The normalized spacial score (nSPS) is 27.3. The summed E-state index contributed by atoms with van der Waals surface area (Å²) in [7, 11) is 2.06. The van der Waals surface area contributed by atoms with Gasteiger partial charge in [0.15, 0.2) is 5.96 Å². The minimum Gasteiger partial charge on any atom is -0.370 e. The fraction of sp³-hybridized carbons (Fsp3) is 0.938. The highest BCUT2D eigenvalue weighted by atomic mass is 127. The van der Waals surface area contributed by atoms with Gasteiger partial charge in [-0.05, 0) is 50.5 Å². The Morgan fingerprint density at radius 3 is 2.38 bits per heavy atom. The Labute approximate surface area is 147 Å². The zero-order chi connectivity index (χ0) is 14.5. The van der Waals surface area contributed by atoms with Gasteiger partial charge in [-0.25, -0.2) is 0 Å². The molecule has 1 aliphatic heterocycles. The van der Waals surface area contributed by atoms with Gasteiger partial charge in [0, 0.05) is 32.7 Å². The van der Waals surface area contributed by atoms with E-state index in [-0.39, 0.29) is 24.0 Å². The SMILES string of the molecule is CC1CC(C)CN(CCCCN=C(N)N(C)C2CC2)C1.I. The number of likely N-dealkylation sites (tertiary alicyclic amines) is 1. The number of guanidine groups is 1. The molecule has 1 saturated carbocycles. The van der Waals surface area contributed by atoms with Crippen molar-refractivity contribution in [2.75, 3.05) is 33.2 Å². The lowest BCUT2D eigenvalue weighted by Gasteiger charge is -2.34. The monoisotopic (exact) mass is 408 g/mol. The van der Waals surface area contributed by atoms with E-state index in [0.29, 0.717) is 6.04 Å². The van der Waals surface area contributed by atoms with Gasteiger partial charge in [0.05, 0.1) is 0 Å². The largest absolute Gasteiger partial charge is 0.370 e. The van der Waals surface area contributed by atoms with E-state index in [1.807, 2.05) is 0 Å². The van der Waals surface area contributed by atoms with Crippen molar-refractivity contribution >= 4 is 29.9 Å². The van der Waals surface area contributed by atoms with Crippen LogP contribution >= 0.6 is 24.0 Å². The molecule has 1 heterocycles. The summed E-state index contributed by atoms with van der Waals surface area (Å²) in [6.45, 7) is 9.41. The molecule has 4 nitrogen and oxygen atoms in total. The average molecular weight is 408 g/mol. The number of unbranched alkanes of at least 4 members (excludes halogenated alkanes) is 1. The van der Waals surface area contributed by atoms with E-state index in [9.17, 15) is 0 Å². The Kier molecular flexibility index (Phi) is 8.31. The standard InChI is InChI=1S/C16H32N4.HI/c1-13-10-14(2)12-20(11-13)9-5-4-8-18-16(17)19(3)15-6-7-15;/h13-15H,4-12H2,1-3H3,(H2,17,18);1H. The number of nitrogens with two attached hydrogens (primary N) is 1. The molecule has 2 atom stereocenters. The number of hydrogen-bond acceptors (Lipinski definition) is 2. The molecular weight excluding hydrogens is 375 g/mol. The third kappa shape index (κ3) is 6.72. The molecule has 0 radical (unpaired) electrons. The maximum absolute atomic E-state index is 5.99. The summed E-state index contributed by atoms with van der Waals surface area (Å²) in [5.74, 6) is 2.45. The maximum atomic E-state index is 5.99. The summed E-state index contributed by atoms with van der Waals surface area (Å²) < 4.78 is 0. The van der Waals surface area contributed by atoms with Crippen molar-refractivity contribution in [2.45, 2.75) is 52.0 Å². The van der Waals surface area contributed by atoms with Gasteiger partial charge in [-0.15, -0.1) is 24.0 Å². The van der Waals surface area contributed by atoms with Crippen LogP contribution < -0.4 is 5.73 Å². The molecule has 2 aliphatic rings. The Balaban J connectivity index is 0.00000220. The smallest absolute Gasteiger partial charge is 0.191 e. The summed E-state index contributed by atoms with van der Waals surface area (Å²) >= 11 is 0. The zero-order valence-corrected chi connectivity index (χ0v) is 16.3. The first-order valence-electron chi connectivity index (χ1n) is 8.31. The lowest BCUT2D eigenvalue weighted by molar-refractivity contribution is 0.139. The van der Waals surface area contributed by atoms with E-state index in [2.05, 4.69) is 35.7 Å². The first kappa shape index (κ1) is 19.0. The van der Waals surface area contributed by atoms with Crippen molar-refractivity contribution in [3.63, 3.8) is 0 Å². The molecule has 1 saturated heterocycles. The van der Waals surface area contributed by atoms with Gasteiger partial charge in [0.2, 0.25) is 0 Å². The summed E-state index contributed by atoms with van der Waals surface area (Å²) in [5, 5.41) is 0. The fourth-order valence-corrected chi connectivity index (χ4v) is 3.38. The van der Waals surface area contributed by atoms with Crippen LogP contribution in [0.4, 0.5) is 0 Å². The molecule has 5 heteroatoms. The number of rotatable bonds is 6. The summed E-state index contributed by atoms with van der Waals surface area (Å²) in [6.07, 6.45) is 6.34. The van der Waals surface area contributed by atoms with Crippen LogP contribution in [0.1, 0.15) is 46.0 Å². The van der Waals surface area contributed by atoms with Crippen molar-refractivity contribution in [3.05, 3.63) is 0 Å². The van der Waals surface area contributed by atoms with Gasteiger partial charge in [-0.1, -0.05) is 13.8 Å². The first-order chi connectivity index (χ1) is 9.56. The molecule has 124 valence electrons. The lowest BCUT2D eigenvalue weighted by Crippen LogP contribution is -2.39. The summed E-state index contributed by atoms with van der Waals surface area (Å²) in [4.78, 5) is 9.26. The van der Waals surface area contributed by atoms with Crippen LogP contribution in [0.5, 0.6) is 0 Å². The molecule has 21 heavy (non-hydrogen) atoms. The van der Waals surface area contributed by atoms with Crippen LogP contribution in [-0.4, -0.2) is 55.0 Å². The van der Waals surface area contributed by atoms with Crippen molar-refractivity contribution < 1.29 is 0 Å². The molecule has 2 fully saturated rings. The Morgan fingerprint density at radius 2 is 1.81 bits per heavy atom. The molecule has 0 amide bonds. The van der Waals surface area contributed by atoms with Gasteiger partial charge in [-0.3, -0.25) is 4.99 Å². The number of nitrogens with zero attached hydrogens (tertiary/aromatic N) is 3. The van der Waals surface area contributed by atoms with E-state index < -0.39 is 0 Å². The van der Waals surface area contributed by atoms with E-state index in [1.54, 1.807) is 0 Å². The third-order valence-electron chi connectivity index (χ3n) is 4.56. The molecule has 0 aromatic heterocycles. The summed E-state index contributed by atoms with van der Waals surface area (Å²) in [6, 6.07) is 0.662. The topological polar surface area (TPSA) is 44.9 Å². The second kappa shape index (κ2) is 9.18. The van der Waals surface area contributed by atoms with Crippen LogP contribution in [0, 0.1) is 11.8 Å². The van der Waals surface area contributed by atoms with Gasteiger partial charge in [0.1, 0.15) is 0 Å². The van der Waals surface area contributed by atoms with Crippen LogP contribution in [0.3, 0.4) is 0 Å². The highest BCUT2D eigenvalue weighted by Gasteiger charge is 2.27. The molecule has 2 N–H and O–H groups in total. The Hall–Kier alpha value is -0.0400. The quantitative estimate of drug-likeness (QED) is 0.318. The molecule has 1 aliphatic carbocycles. The number of piperidine rings is 1. The lowest BCUT2D eigenvalue weighted by atomic mass is 9.92. The number of aliphatic imine (C=N–C) groups is 1. The number of hydrogen-bond donors (Lipinski definition) is 1. The van der Waals surface area contributed by atoms with Crippen LogP contribution in [0.15, 0.2) is 4.99 Å². The van der Waals surface area contributed by atoms with Crippen LogP contribution in [0.25, 0.3) is 0 Å². The first-order valence-corrected chi connectivity index (χ1v) is 8.31. The van der Waals surface area contributed by atoms with E-state index >= 15 is 0 Å². The minimum atomic E-state index is 0. The number of halogens is 1. The second-order valence-corrected chi connectivity index (χ2v) is 6.99. The van der Waals surface area contributed by atoms with Crippen LogP contribution in [-0.2, 0) is 0 Å². The molecule has 2 rings (SSSR count). The highest BCUT2D eigenvalue weighted by Crippen LogP contribution is 2.25. The maximum Gasteiger partial charge on any atom is 0.191 e. The van der Waals surface area contributed by atoms with E-state index in [4.69, 9.17) is 5.73 Å². The van der Waals surface area contributed by atoms with Crippen molar-refractivity contribution in [3.8, 4) is 0 Å². The van der Waals surface area contributed by atoms with Gasteiger partial charge < -0.3 is 15.5 Å². The van der Waals surface area contributed by atoms with Crippen molar-refractivity contribution in [1.29, 1.82) is 0 Å². The second-order valence-electron chi connectivity index (χ2n) is 6.99. The Morgan fingerprint density at radius 1 is 1.19 bits per heavy atom. The van der Waals surface area contributed by atoms with Gasteiger partial charge in [0.25, 0.3) is 0 Å².